The van der Waals surface area contributed by atoms with Gasteiger partial charge in [-0.1, -0.05) is 18.2 Å². The minimum atomic E-state index is -3.50. The van der Waals surface area contributed by atoms with Gasteiger partial charge >= 0.3 is 5.97 Å². The molecular formula is C13H17NO4S. The van der Waals surface area contributed by atoms with Crippen LogP contribution in [0.2, 0.25) is 0 Å². The Labute approximate surface area is 113 Å². The average molecular weight is 283 g/mol. The van der Waals surface area contributed by atoms with E-state index in [-0.39, 0.29) is 17.9 Å². The Morgan fingerprint density at radius 3 is 2.42 bits per heavy atom. The van der Waals surface area contributed by atoms with Gasteiger partial charge in [0.05, 0.1) is 4.90 Å². The molecule has 5 nitrogen and oxygen atoms in total. The van der Waals surface area contributed by atoms with Gasteiger partial charge < -0.3 is 5.11 Å². The lowest BCUT2D eigenvalue weighted by molar-refractivity contribution is -0.136. The van der Waals surface area contributed by atoms with Gasteiger partial charge in [-0.05, 0) is 24.1 Å². The summed E-state index contributed by atoms with van der Waals surface area (Å²) in [5, 5.41) is 8.58. The summed E-state index contributed by atoms with van der Waals surface area (Å²) in [6.45, 7) is 3.74. The molecule has 0 radical (unpaired) electrons. The SMILES string of the molecule is C=CCN(C)S(=O)(=O)c1ccc(CCC(=O)O)cc1. The number of hydrogen-bond acceptors (Lipinski definition) is 3. The summed E-state index contributed by atoms with van der Waals surface area (Å²) in [6, 6.07) is 6.26. The summed E-state index contributed by atoms with van der Waals surface area (Å²) in [5.41, 5.74) is 0.799. The number of benzene rings is 1. The van der Waals surface area contributed by atoms with Crippen molar-refractivity contribution in [2.24, 2.45) is 0 Å². The van der Waals surface area contributed by atoms with Gasteiger partial charge in [-0.15, -0.1) is 6.58 Å². The van der Waals surface area contributed by atoms with Crippen LogP contribution in [0.5, 0.6) is 0 Å². The molecule has 0 aromatic heterocycles. The molecule has 0 saturated heterocycles. The van der Waals surface area contributed by atoms with Crippen LogP contribution in [0.3, 0.4) is 0 Å². The molecular weight excluding hydrogens is 266 g/mol. The molecule has 19 heavy (non-hydrogen) atoms. The normalized spacial score (nSPS) is 11.5. The quantitative estimate of drug-likeness (QED) is 0.770. The summed E-state index contributed by atoms with van der Waals surface area (Å²) in [7, 11) is -2.02. The van der Waals surface area contributed by atoms with E-state index in [1.807, 2.05) is 0 Å². The van der Waals surface area contributed by atoms with Crippen molar-refractivity contribution in [2.45, 2.75) is 17.7 Å². The fraction of sp³-hybridized carbons (Fsp3) is 0.308. The van der Waals surface area contributed by atoms with Crippen LogP contribution >= 0.6 is 0 Å². The highest BCUT2D eigenvalue weighted by atomic mass is 32.2. The third kappa shape index (κ3) is 4.18. The second-order valence-electron chi connectivity index (χ2n) is 4.11. The van der Waals surface area contributed by atoms with E-state index in [0.29, 0.717) is 6.42 Å². The third-order valence-electron chi connectivity index (χ3n) is 2.65. The molecule has 1 rings (SSSR count). The molecule has 1 N–H and O–H groups in total. The number of rotatable bonds is 7. The maximum atomic E-state index is 12.1. The minimum Gasteiger partial charge on any atom is -0.481 e. The van der Waals surface area contributed by atoms with Crippen molar-refractivity contribution < 1.29 is 18.3 Å². The molecule has 0 bridgehead atoms. The first-order valence-electron chi connectivity index (χ1n) is 5.76. The van der Waals surface area contributed by atoms with Crippen LogP contribution in [-0.4, -0.2) is 37.4 Å². The van der Waals surface area contributed by atoms with E-state index in [1.165, 1.54) is 29.6 Å². The lowest BCUT2D eigenvalue weighted by Gasteiger charge is -2.15. The van der Waals surface area contributed by atoms with Gasteiger partial charge in [0.1, 0.15) is 0 Å². The van der Waals surface area contributed by atoms with Crippen molar-refractivity contribution in [1.82, 2.24) is 4.31 Å². The number of carbonyl (C=O) groups is 1. The molecule has 0 unspecified atom stereocenters. The van der Waals surface area contributed by atoms with Gasteiger partial charge in [-0.25, -0.2) is 8.42 Å². The first-order valence-corrected chi connectivity index (χ1v) is 7.20. The predicted molar refractivity (Wildman–Crippen MR) is 72.4 cm³/mol. The molecule has 0 spiro atoms. The Morgan fingerprint density at radius 1 is 1.37 bits per heavy atom. The Bertz CT molecular complexity index is 549. The molecule has 0 aliphatic rings. The van der Waals surface area contributed by atoms with Crippen molar-refractivity contribution in [2.75, 3.05) is 13.6 Å². The number of carboxylic acid groups (broad SMARTS) is 1. The van der Waals surface area contributed by atoms with E-state index in [1.54, 1.807) is 12.1 Å². The summed E-state index contributed by atoms with van der Waals surface area (Å²) in [4.78, 5) is 10.6. The Kier molecular flexibility index (Phi) is 5.26. The number of aryl methyl sites for hydroxylation is 1. The van der Waals surface area contributed by atoms with Gasteiger partial charge in [0.25, 0.3) is 0 Å². The third-order valence-corrected chi connectivity index (χ3v) is 4.48. The number of sulfonamides is 1. The molecule has 0 fully saturated rings. The topological polar surface area (TPSA) is 74.7 Å². The van der Waals surface area contributed by atoms with E-state index in [4.69, 9.17) is 5.11 Å². The van der Waals surface area contributed by atoms with E-state index in [2.05, 4.69) is 6.58 Å². The summed E-state index contributed by atoms with van der Waals surface area (Å²) < 4.78 is 25.4. The van der Waals surface area contributed by atoms with Gasteiger partial charge in [-0.2, -0.15) is 4.31 Å². The van der Waals surface area contributed by atoms with Crippen LogP contribution < -0.4 is 0 Å². The standard InChI is InChI=1S/C13H17NO4S/c1-3-10-14(2)19(17,18)12-7-4-11(5-8-12)6-9-13(15)16/h3-5,7-8H,1,6,9-10H2,2H3,(H,15,16). The molecule has 1 aromatic carbocycles. The van der Waals surface area contributed by atoms with Crippen LogP contribution in [0.25, 0.3) is 0 Å². The lowest BCUT2D eigenvalue weighted by atomic mass is 10.1. The van der Waals surface area contributed by atoms with Crippen molar-refractivity contribution in [3.05, 3.63) is 42.5 Å². The molecule has 6 heteroatoms. The smallest absolute Gasteiger partial charge is 0.303 e. The van der Waals surface area contributed by atoms with E-state index < -0.39 is 16.0 Å². The van der Waals surface area contributed by atoms with E-state index in [0.717, 1.165) is 5.56 Å². The Balaban J connectivity index is 2.86. The molecule has 104 valence electrons. The number of nitrogens with zero attached hydrogens (tertiary/aromatic N) is 1. The number of carboxylic acids is 1. The molecule has 0 atom stereocenters. The zero-order valence-electron chi connectivity index (χ0n) is 10.7. The van der Waals surface area contributed by atoms with Crippen LogP contribution in [0.4, 0.5) is 0 Å². The van der Waals surface area contributed by atoms with Crippen molar-refractivity contribution in [3.63, 3.8) is 0 Å². The summed E-state index contributed by atoms with van der Waals surface area (Å²) >= 11 is 0. The molecule has 0 amide bonds. The Morgan fingerprint density at radius 2 is 1.95 bits per heavy atom. The van der Waals surface area contributed by atoms with Crippen LogP contribution in [0.15, 0.2) is 41.8 Å². The highest BCUT2D eigenvalue weighted by molar-refractivity contribution is 7.89. The molecule has 0 aliphatic heterocycles. The average Bonchev–Trinajstić information content (AvgIpc) is 2.37. The lowest BCUT2D eigenvalue weighted by Crippen LogP contribution is -2.26. The minimum absolute atomic E-state index is 0.0302. The molecule has 0 aliphatic carbocycles. The van der Waals surface area contributed by atoms with Gasteiger partial charge in [0.2, 0.25) is 10.0 Å². The van der Waals surface area contributed by atoms with Gasteiger partial charge in [0, 0.05) is 20.0 Å². The Hall–Kier alpha value is -1.66. The molecule has 0 saturated carbocycles. The van der Waals surface area contributed by atoms with Crippen LogP contribution in [-0.2, 0) is 21.2 Å². The molecule has 0 heterocycles. The fourth-order valence-corrected chi connectivity index (χ4v) is 2.68. The fourth-order valence-electron chi connectivity index (χ4n) is 1.54. The van der Waals surface area contributed by atoms with Crippen LogP contribution in [0.1, 0.15) is 12.0 Å². The number of likely N-dealkylation sites (N-methyl/N-ethyl adjacent to an activating group) is 1. The predicted octanol–water partition coefficient (Wildman–Crippen LogP) is 1.51. The van der Waals surface area contributed by atoms with Crippen LogP contribution in [0, 0.1) is 0 Å². The van der Waals surface area contributed by atoms with Crippen molar-refractivity contribution in [1.29, 1.82) is 0 Å². The maximum absolute atomic E-state index is 12.1. The summed E-state index contributed by atoms with van der Waals surface area (Å²) in [5.74, 6) is -0.873. The first kappa shape index (κ1) is 15.4. The number of hydrogen-bond donors (Lipinski definition) is 1. The zero-order valence-corrected chi connectivity index (χ0v) is 11.6. The van der Waals surface area contributed by atoms with Crippen molar-refractivity contribution >= 4 is 16.0 Å². The van der Waals surface area contributed by atoms with E-state index >= 15 is 0 Å². The second kappa shape index (κ2) is 6.49. The largest absolute Gasteiger partial charge is 0.481 e. The zero-order chi connectivity index (χ0) is 14.5. The highest BCUT2D eigenvalue weighted by Gasteiger charge is 2.19. The summed E-state index contributed by atoms with van der Waals surface area (Å²) in [6.07, 6.45) is 1.93. The monoisotopic (exact) mass is 283 g/mol. The van der Waals surface area contributed by atoms with E-state index in [9.17, 15) is 13.2 Å². The molecule has 1 aromatic rings. The number of aliphatic carboxylic acids is 1. The van der Waals surface area contributed by atoms with Gasteiger partial charge in [-0.3, -0.25) is 4.79 Å². The first-order chi connectivity index (χ1) is 8.87. The van der Waals surface area contributed by atoms with Gasteiger partial charge in [0.15, 0.2) is 0 Å². The van der Waals surface area contributed by atoms with Crippen molar-refractivity contribution in [3.8, 4) is 0 Å². The highest BCUT2D eigenvalue weighted by Crippen LogP contribution is 2.15. The maximum Gasteiger partial charge on any atom is 0.303 e. The second-order valence-corrected chi connectivity index (χ2v) is 6.16.